The standard InChI is InChI=1S/C11H19N3O6S/c1-5(11(19)20)13-10(18)7(4-21)14-9(17)6(12)2-3-8(15)16/h5-7,21H,2-4,12H2,1H3,(H,13,18)(H,14,17)(H,15,16)(H,19,20). The molecule has 0 aliphatic carbocycles. The lowest BCUT2D eigenvalue weighted by molar-refractivity contribution is -0.141. The van der Waals surface area contributed by atoms with Crippen molar-refractivity contribution in [1.29, 1.82) is 0 Å². The first-order valence-corrected chi connectivity index (χ1v) is 6.74. The van der Waals surface area contributed by atoms with Crippen LogP contribution in [0.2, 0.25) is 0 Å². The van der Waals surface area contributed by atoms with Crippen LogP contribution in [-0.2, 0) is 19.2 Å². The number of thiol groups is 1. The maximum Gasteiger partial charge on any atom is 0.325 e. The molecule has 0 saturated heterocycles. The molecule has 0 radical (unpaired) electrons. The number of hydrogen-bond donors (Lipinski definition) is 6. The predicted molar refractivity (Wildman–Crippen MR) is 75.9 cm³/mol. The molecule has 21 heavy (non-hydrogen) atoms. The van der Waals surface area contributed by atoms with E-state index < -0.39 is 41.9 Å². The highest BCUT2D eigenvalue weighted by Gasteiger charge is 2.25. The van der Waals surface area contributed by atoms with Gasteiger partial charge >= 0.3 is 11.9 Å². The van der Waals surface area contributed by atoms with Gasteiger partial charge in [0.1, 0.15) is 12.1 Å². The average molecular weight is 321 g/mol. The van der Waals surface area contributed by atoms with Gasteiger partial charge in [-0.05, 0) is 13.3 Å². The minimum absolute atomic E-state index is 0.0600. The molecule has 120 valence electrons. The fourth-order valence-electron chi connectivity index (χ4n) is 1.26. The van der Waals surface area contributed by atoms with Crippen molar-refractivity contribution >= 4 is 36.4 Å². The lowest BCUT2D eigenvalue weighted by atomic mass is 10.1. The molecule has 0 fully saturated rings. The number of carboxylic acid groups (broad SMARTS) is 2. The zero-order valence-electron chi connectivity index (χ0n) is 11.4. The summed E-state index contributed by atoms with van der Waals surface area (Å²) in [5, 5.41) is 21.7. The van der Waals surface area contributed by atoms with Crippen LogP contribution in [-0.4, -0.2) is 57.8 Å². The van der Waals surface area contributed by atoms with Gasteiger partial charge in [0.25, 0.3) is 0 Å². The summed E-state index contributed by atoms with van der Waals surface area (Å²) in [6.07, 6.45) is -0.351. The van der Waals surface area contributed by atoms with Crippen LogP contribution in [0.3, 0.4) is 0 Å². The van der Waals surface area contributed by atoms with Crippen LogP contribution in [0, 0.1) is 0 Å². The van der Waals surface area contributed by atoms with Crippen molar-refractivity contribution in [3.63, 3.8) is 0 Å². The predicted octanol–water partition coefficient (Wildman–Crippen LogP) is -1.82. The minimum Gasteiger partial charge on any atom is -0.481 e. The normalized spacial score (nSPS) is 14.6. The molecule has 0 saturated carbocycles. The van der Waals surface area contributed by atoms with Crippen molar-refractivity contribution < 1.29 is 29.4 Å². The van der Waals surface area contributed by atoms with Crippen LogP contribution in [0.15, 0.2) is 0 Å². The number of nitrogens with two attached hydrogens (primary N) is 1. The molecule has 0 bridgehead atoms. The van der Waals surface area contributed by atoms with E-state index in [-0.39, 0.29) is 18.6 Å². The van der Waals surface area contributed by atoms with Crippen LogP contribution in [0.1, 0.15) is 19.8 Å². The van der Waals surface area contributed by atoms with Gasteiger partial charge in [-0.25, -0.2) is 0 Å². The van der Waals surface area contributed by atoms with E-state index >= 15 is 0 Å². The van der Waals surface area contributed by atoms with Crippen molar-refractivity contribution in [2.45, 2.75) is 37.9 Å². The smallest absolute Gasteiger partial charge is 0.325 e. The van der Waals surface area contributed by atoms with Gasteiger partial charge < -0.3 is 26.6 Å². The van der Waals surface area contributed by atoms with Crippen molar-refractivity contribution in [2.24, 2.45) is 5.73 Å². The quantitative estimate of drug-likeness (QED) is 0.273. The Morgan fingerprint density at radius 3 is 2.14 bits per heavy atom. The first-order valence-electron chi connectivity index (χ1n) is 6.10. The van der Waals surface area contributed by atoms with Gasteiger partial charge in [-0.3, -0.25) is 19.2 Å². The number of carbonyl (C=O) groups is 4. The fourth-order valence-corrected chi connectivity index (χ4v) is 1.52. The number of nitrogens with one attached hydrogen (secondary N) is 2. The van der Waals surface area contributed by atoms with E-state index in [1.165, 1.54) is 6.92 Å². The van der Waals surface area contributed by atoms with E-state index in [1.54, 1.807) is 0 Å². The second-order valence-corrected chi connectivity index (χ2v) is 4.72. The molecular weight excluding hydrogens is 302 g/mol. The number of rotatable bonds is 9. The first kappa shape index (κ1) is 19.2. The van der Waals surface area contributed by atoms with Gasteiger partial charge in [0.05, 0.1) is 6.04 Å². The molecule has 0 spiro atoms. The molecule has 2 amide bonds. The molecule has 0 aromatic carbocycles. The molecule has 9 nitrogen and oxygen atoms in total. The summed E-state index contributed by atoms with van der Waals surface area (Å²) < 4.78 is 0. The van der Waals surface area contributed by atoms with Crippen molar-refractivity contribution in [3.8, 4) is 0 Å². The molecular formula is C11H19N3O6S. The number of carboxylic acids is 2. The maximum absolute atomic E-state index is 11.7. The second kappa shape index (κ2) is 9.19. The molecule has 0 heterocycles. The maximum atomic E-state index is 11.7. The highest BCUT2D eigenvalue weighted by molar-refractivity contribution is 7.80. The zero-order valence-corrected chi connectivity index (χ0v) is 12.3. The van der Waals surface area contributed by atoms with E-state index in [4.69, 9.17) is 15.9 Å². The van der Waals surface area contributed by atoms with E-state index in [1.807, 2.05) is 0 Å². The fraction of sp³-hybridized carbons (Fsp3) is 0.636. The Morgan fingerprint density at radius 1 is 1.14 bits per heavy atom. The lowest BCUT2D eigenvalue weighted by Gasteiger charge is -2.20. The van der Waals surface area contributed by atoms with Gasteiger partial charge in [-0.1, -0.05) is 0 Å². The summed E-state index contributed by atoms with van der Waals surface area (Å²) in [7, 11) is 0. The van der Waals surface area contributed by atoms with Crippen molar-refractivity contribution in [3.05, 3.63) is 0 Å². The van der Waals surface area contributed by atoms with Crippen LogP contribution >= 0.6 is 12.6 Å². The number of amides is 2. The molecule has 3 unspecified atom stereocenters. The van der Waals surface area contributed by atoms with E-state index in [9.17, 15) is 19.2 Å². The van der Waals surface area contributed by atoms with E-state index in [2.05, 4.69) is 23.3 Å². The Hall–Kier alpha value is -1.81. The molecule has 0 aliphatic heterocycles. The zero-order chi connectivity index (χ0) is 16.6. The van der Waals surface area contributed by atoms with Crippen molar-refractivity contribution in [1.82, 2.24) is 10.6 Å². The summed E-state index contributed by atoms with van der Waals surface area (Å²) >= 11 is 3.90. The highest BCUT2D eigenvalue weighted by Crippen LogP contribution is 1.97. The second-order valence-electron chi connectivity index (χ2n) is 4.35. The highest BCUT2D eigenvalue weighted by atomic mass is 32.1. The van der Waals surface area contributed by atoms with E-state index in [0.29, 0.717) is 0 Å². The molecule has 0 aromatic heterocycles. The Labute approximate surface area is 126 Å². The molecule has 10 heteroatoms. The van der Waals surface area contributed by atoms with Crippen LogP contribution in [0.5, 0.6) is 0 Å². The topological polar surface area (TPSA) is 159 Å². The summed E-state index contributed by atoms with van der Waals surface area (Å²) in [5.74, 6) is -3.77. The lowest BCUT2D eigenvalue weighted by Crippen LogP contribution is -2.54. The molecule has 6 N–H and O–H groups in total. The minimum atomic E-state index is -1.22. The van der Waals surface area contributed by atoms with E-state index in [0.717, 1.165) is 0 Å². The summed E-state index contributed by atoms with van der Waals surface area (Å²) in [5.41, 5.74) is 5.49. The van der Waals surface area contributed by atoms with Gasteiger partial charge in [-0.15, -0.1) is 0 Å². The third-order valence-corrected chi connectivity index (χ3v) is 2.92. The molecule has 0 aromatic rings. The summed E-state index contributed by atoms with van der Waals surface area (Å²) in [6, 6.07) is -3.25. The van der Waals surface area contributed by atoms with Gasteiger partial charge in [0, 0.05) is 12.2 Å². The molecule has 0 rings (SSSR count). The summed E-state index contributed by atoms with van der Waals surface area (Å²) in [4.78, 5) is 44.4. The largest absolute Gasteiger partial charge is 0.481 e. The van der Waals surface area contributed by atoms with Crippen LogP contribution in [0.4, 0.5) is 0 Å². The van der Waals surface area contributed by atoms with Crippen LogP contribution < -0.4 is 16.4 Å². The van der Waals surface area contributed by atoms with Gasteiger partial charge in [0.2, 0.25) is 11.8 Å². The number of hydrogen-bond acceptors (Lipinski definition) is 6. The molecule has 0 aliphatic rings. The number of aliphatic carboxylic acids is 2. The third kappa shape index (κ3) is 7.51. The third-order valence-electron chi connectivity index (χ3n) is 2.55. The Bertz CT molecular complexity index is 417. The first-order chi connectivity index (χ1) is 9.68. The van der Waals surface area contributed by atoms with Gasteiger partial charge in [0.15, 0.2) is 0 Å². The Kier molecular flexibility index (Phi) is 8.39. The van der Waals surface area contributed by atoms with Crippen molar-refractivity contribution in [2.75, 3.05) is 5.75 Å². The SMILES string of the molecule is CC(NC(=O)C(CS)NC(=O)C(N)CCC(=O)O)C(=O)O. The Morgan fingerprint density at radius 2 is 1.71 bits per heavy atom. The number of carbonyl (C=O) groups excluding carboxylic acids is 2. The van der Waals surface area contributed by atoms with Gasteiger partial charge in [-0.2, -0.15) is 12.6 Å². The average Bonchev–Trinajstić information content (AvgIpc) is 2.41. The Balaban J connectivity index is 4.47. The van der Waals surface area contributed by atoms with Crippen LogP contribution in [0.25, 0.3) is 0 Å². The summed E-state index contributed by atoms with van der Waals surface area (Å²) in [6.45, 7) is 1.27. The monoisotopic (exact) mass is 321 g/mol. The molecule has 3 atom stereocenters.